The molecule has 2 rings (SSSR count). The Kier molecular flexibility index (Phi) is 11.6. The molecule has 0 spiro atoms. The Morgan fingerprint density at radius 1 is 0.865 bits per heavy atom. The molecule has 0 aliphatic rings. The van der Waals surface area contributed by atoms with Gasteiger partial charge in [0.15, 0.2) is 8.32 Å². The molecule has 0 saturated heterocycles. The van der Waals surface area contributed by atoms with Gasteiger partial charge in [-0.05, 0) is 63.8 Å². The van der Waals surface area contributed by atoms with Crippen LogP contribution in [0.1, 0.15) is 67.7 Å². The van der Waals surface area contributed by atoms with Crippen LogP contribution in [0, 0.1) is 0 Å². The molecule has 0 amide bonds. The summed E-state index contributed by atoms with van der Waals surface area (Å²) in [4.78, 5) is 0. The van der Waals surface area contributed by atoms with Crippen LogP contribution < -0.4 is 10.4 Å². The Hall–Kier alpha value is -0.996. The number of hydrogen-bond acceptors (Lipinski definition) is 2. The van der Waals surface area contributed by atoms with Gasteiger partial charge in [-0.1, -0.05) is 143 Å². The first-order chi connectivity index (χ1) is 17.1. The highest BCUT2D eigenvalue weighted by molar-refractivity contribution is 14.1. The highest BCUT2D eigenvalue weighted by Gasteiger charge is 2.51. The van der Waals surface area contributed by atoms with Crippen molar-refractivity contribution in [2.45, 2.75) is 103 Å². The minimum absolute atomic E-state index is 0.0293. The third kappa shape index (κ3) is 8.49. The molecule has 0 heterocycles. The van der Waals surface area contributed by atoms with E-state index in [-0.39, 0.29) is 22.3 Å². The normalized spacial score (nSPS) is 15.1. The lowest BCUT2D eigenvalue weighted by Gasteiger charge is -2.44. The molecule has 0 fully saturated rings. The SMILES string of the molecule is C=C(CC[C@@H](/C=C/I)O[Si](C)(C)C(C)(C)C)CC(C)O[Si](c1ccccc1)(c1ccccc1)C(C)(C)C. The van der Waals surface area contributed by atoms with Crippen LogP contribution in [0.2, 0.25) is 23.2 Å². The van der Waals surface area contributed by atoms with Crippen molar-refractivity contribution in [3.63, 3.8) is 0 Å². The smallest absolute Gasteiger partial charge is 0.261 e. The average Bonchev–Trinajstić information content (AvgIpc) is 2.80. The fourth-order valence-electron chi connectivity index (χ4n) is 4.72. The van der Waals surface area contributed by atoms with Crippen molar-refractivity contribution >= 4 is 49.6 Å². The molecule has 2 aromatic carbocycles. The van der Waals surface area contributed by atoms with Crippen molar-refractivity contribution in [1.82, 2.24) is 0 Å². The predicted molar refractivity (Wildman–Crippen MR) is 176 cm³/mol. The molecular weight excluding hydrogens is 599 g/mol. The van der Waals surface area contributed by atoms with Crippen LogP contribution in [-0.4, -0.2) is 28.8 Å². The van der Waals surface area contributed by atoms with Gasteiger partial charge in [0.2, 0.25) is 0 Å². The highest BCUT2D eigenvalue weighted by atomic mass is 127. The summed E-state index contributed by atoms with van der Waals surface area (Å²) in [5, 5.41) is 2.81. The van der Waals surface area contributed by atoms with Gasteiger partial charge in [-0.25, -0.2) is 0 Å². The van der Waals surface area contributed by atoms with Crippen LogP contribution in [0.4, 0.5) is 0 Å². The third-order valence-corrected chi connectivity index (χ3v) is 17.8. The Balaban J connectivity index is 2.21. The van der Waals surface area contributed by atoms with Crippen LogP contribution in [-0.2, 0) is 8.85 Å². The molecule has 37 heavy (non-hydrogen) atoms. The van der Waals surface area contributed by atoms with E-state index < -0.39 is 16.6 Å². The van der Waals surface area contributed by atoms with Crippen molar-refractivity contribution in [2.75, 3.05) is 0 Å². The van der Waals surface area contributed by atoms with E-state index in [1.807, 2.05) is 0 Å². The van der Waals surface area contributed by atoms with Gasteiger partial charge >= 0.3 is 0 Å². The summed E-state index contributed by atoms with van der Waals surface area (Å²) in [7, 11) is -4.40. The molecular formula is C32H49IO2Si2. The summed E-state index contributed by atoms with van der Waals surface area (Å²) >= 11 is 2.30. The maximum Gasteiger partial charge on any atom is 0.261 e. The molecule has 0 bridgehead atoms. The van der Waals surface area contributed by atoms with Crippen molar-refractivity contribution in [3.8, 4) is 0 Å². The summed E-state index contributed by atoms with van der Waals surface area (Å²) in [6, 6.07) is 21.8. The largest absolute Gasteiger partial charge is 0.411 e. The van der Waals surface area contributed by atoms with Gasteiger partial charge in [0, 0.05) is 6.10 Å². The van der Waals surface area contributed by atoms with E-state index in [1.54, 1.807) is 0 Å². The van der Waals surface area contributed by atoms with Crippen molar-refractivity contribution in [2.24, 2.45) is 0 Å². The van der Waals surface area contributed by atoms with E-state index >= 15 is 0 Å². The van der Waals surface area contributed by atoms with Gasteiger partial charge in [-0.2, -0.15) is 0 Å². The minimum atomic E-state index is -2.56. The number of rotatable bonds is 12. The molecule has 0 aromatic heterocycles. The van der Waals surface area contributed by atoms with Crippen LogP contribution in [0.5, 0.6) is 0 Å². The van der Waals surface area contributed by atoms with E-state index in [4.69, 9.17) is 8.85 Å². The number of halogens is 1. The Morgan fingerprint density at radius 2 is 1.35 bits per heavy atom. The standard InChI is InChI=1S/C32H49IO2Si2/c1-26(21-22-28(23-24-33)35-36(9,10)31(3,4)5)25-27(2)34-37(32(6,7)8,29-17-13-11-14-18-29)30-19-15-12-16-20-30/h11-20,23-24,27-28H,1,21-22,25H2,2-10H3/b24-23+/t27?,28-/m0/s1. The van der Waals surface area contributed by atoms with Gasteiger partial charge < -0.3 is 8.85 Å². The first-order valence-electron chi connectivity index (χ1n) is 13.5. The monoisotopic (exact) mass is 648 g/mol. The molecule has 0 aliphatic carbocycles. The number of hydrogen-bond donors (Lipinski definition) is 0. The first kappa shape index (κ1) is 32.2. The second-order valence-corrected chi connectivity index (χ2v) is 22.5. The third-order valence-electron chi connectivity index (χ3n) is 7.69. The van der Waals surface area contributed by atoms with E-state index in [0.717, 1.165) is 19.3 Å². The molecule has 0 N–H and O–H groups in total. The van der Waals surface area contributed by atoms with Crippen molar-refractivity contribution in [3.05, 3.63) is 83.0 Å². The lowest BCUT2D eigenvalue weighted by atomic mass is 10.0. The number of benzene rings is 2. The second kappa shape index (κ2) is 13.4. The summed E-state index contributed by atoms with van der Waals surface area (Å²) in [5.41, 5.74) is 1.23. The van der Waals surface area contributed by atoms with E-state index in [9.17, 15) is 0 Å². The van der Waals surface area contributed by atoms with Crippen LogP contribution in [0.3, 0.4) is 0 Å². The van der Waals surface area contributed by atoms with Crippen LogP contribution in [0.15, 0.2) is 83.0 Å². The Bertz CT molecular complexity index is 965. The molecule has 0 radical (unpaired) electrons. The average molecular weight is 649 g/mol. The summed E-state index contributed by atoms with van der Waals surface area (Å²) in [6.45, 7) is 25.2. The quantitative estimate of drug-likeness (QED) is 0.130. The zero-order chi connectivity index (χ0) is 27.9. The first-order valence-corrected chi connectivity index (χ1v) is 19.6. The molecule has 0 saturated carbocycles. The fraction of sp³-hybridized carbons (Fsp3) is 0.500. The summed E-state index contributed by atoms with van der Waals surface area (Å²) in [5.74, 6) is 0. The lowest BCUT2D eigenvalue weighted by Crippen LogP contribution is -2.67. The van der Waals surface area contributed by atoms with Gasteiger partial charge in [-0.3, -0.25) is 0 Å². The van der Waals surface area contributed by atoms with E-state index in [1.165, 1.54) is 15.9 Å². The van der Waals surface area contributed by atoms with Gasteiger partial charge in [0.25, 0.3) is 8.32 Å². The molecule has 0 aliphatic heterocycles. The van der Waals surface area contributed by atoms with Crippen molar-refractivity contribution in [1.29, 1.82) is 0 Å². The van der Waals surface area contributed by atoms with Crippen molar-refractivity contribution < 1.29 is 8.85 Å². The molecule has 5 heteroatoms. The zero-order valence-corrected chi connectivity index (χ0v) is 28.8. The summed E-state index contributed by atoms with van der Waals surface area (Å²) in [6.07, 6.45) is 5.15. The molecule has 2 aromatic rings. The topological polar surface area (TPSA) is 18.5 Å². The molecule has 2 atom stereocenters. The predicted octanol–water partition coefficient (Wildman–Crippen LogP) is 9.02. The molecule has 1 unspecified atom stereocenters. The van der Waals surface area contributed by atoms with Gasteiger partial charge in [0.1, 0.15) is 0 Å². The Morgan fingerprint density at radius 3 is 1.76 bits per heavy atom. The van der Waals surface area contributed by atoms with E-state index in [2.05, 4.69) is 162 Å². The highest BCUT2D eigenvalue weighted by Crippen LogP contribution is 2.39. The maximum atomic E-state index is 7.26. The lowest BCUT2D eigenvalue weighted by molar-refractivity contribution is 0.199. The second-order valence-electron chi connectivity index (χ2n) is 12.8. The van der Waals surface area contributed by atoms with Gasteiger partial charge in [-0.15, -0.1) is 0 Å². The molecule has 204 valence electrons. The Labute approximate surface area is 243 Å². The van der Waals surface area contributed by atoms with Crippen LogP contribution in [0.25, 0.3) is 0 Å². The summed E-state index contributed by atoms with van der Waals surface area (Å²) < 4.78 is 16.1. The van der Waals surface area contributed by atoms with E-state index in [0.29, 0.717) is 0 Å². The van der Waals surface area contributed by atoms with Crippen LogP contribution >= 0.6 is 22.6 Å². The fourth-order valence-corrected chi connectivity index (χ4v) is 11.2. The van der Waals surface area contributed by atoms with Gasteiger partial charge in [0.05, 0.1) is 6.10 Å². The minimum Gasteiger partial charge on any atom is -0.411 e. The maximum absolute atomic E-state index is 7.26. The molecule has 2 nitrogen and oxygen atoms in total. The zero-order valence-electron chi connectivity index (χ0n) is 24.6.